The predicted molar refractivity (Wildman–Crippen MR) is 58.9 cm³/mol. The molecule has 0 aromatic carbocycles. The van der Waals surface area contributed by atoms with Gasteiger partial charge in [0.15, 0.2) is 0 Å². The summed E-state index contributed by atoms with van der Waals surface area (Å²) in [5.41, 5.74) is 5.56. The third-order valence-electron chi connectivity index (χ3n) is 2.01. The Morgan fingerprint density at radius 2 is 1.85 bits per heavy atom. The Morgan fingerprint density at radius 3 is 2.23 bits per heavy atom. The molecule has 0 saturated carbocycles. The van der Waals surface area contributed by atoms with Gasteiger partial charge in [-0.1, -0.05) is 13.8 Å². The van der Waals surface area contributed by atoms with Crippen molar-refractivity contribution in [3.63, 3.8) is 0 Å². The van der Waals surface area contributed by atoms with Gasteiger partial charge < -0.3 is 16.0 Å². The summed E-state index contributed by atoms with van der Waals surface area (Å²) in [7, 11) is 4.21. The monoisotopic (exact) mass is 187 g/mol. The van der Waals surface area contributed by atoms with Gasteiger partial charge in [0.05, 0.1) is 0 Å². The predicted octanol–water partition coefficient (Wildman–Crippen LogP) is 0.654. The first-order valence-electron chi connectivity index (χ1n) is 5.17. The van der Waals surface area contributed by atoms with Crippen LogP contribution in [0.15, 0.2) is 0 Å². The van der Waals surface area contributed by atoms with Crippen LogP contribution in [0.25, 0.3) is 0 Å². The first-order chi connectivity index (χ1) is 6.06. The summed E-state index contributed by atoms with van der Waals surface area (Å²) in [6, 6.07) is 1.13. The van der Waals surface area contributed by atoms with Crippen molar-refractivity contribution in [2.75, 3.05) is 27.2 Å². The molecule has 1 unspecified atom stereocenters. The van der Waals surface area contributed by atoms with Gasteiger partial charge in [-0.05, 0) is 40.0 Å². The topological polar surface area (TPSA) is 41.3 Å². The van der Waals surface area contributed by atoms with Gasteiger partial charge in [0.25, 0.3) is 0 Å². The van der Waals surface area contributed by atoms with Crippen LogP contribution in [-0.4, -0.2) is 44.2 Å². The van der Waals surface area contributed by atoms with E-state index < -0.39 is 0 Å². The summed E-state index contributed by atoms with van der Waals surface area (Å²) in [6.45, 7) is 6.26. The Bertz CT molecular complexity index is 113. The van der Waals surface area contributed by atoms with Crippen LogP contribution in [0, 0.1) is 0 Å². The zero-order valence-corrected chi connectivity index (χ0v) is 9.51. The zero-order chi connectivity index (χ0) is 10.3. The summed E-state index contributed by atoms with van der Waals surface area (Å²) in [4.78, 5) is 2.21. The zero-order valence-electron chi connectivity index (χ0n) is 9.51. The summed E-state index contributed by atoms with van der Waals surface area (Å²) in [5, 5.41) is 3.53. The highest BCUT2D eigenvalue weighted by Crippen LogP contribution is 1.99. The lowest BCUT2D eigenvalue weighted by atomic mass is 10.1. The van der Waals surface area contributed by atoms with E-state index in [0.29, 0.717) is 12.1 Å². The Hall–Kier alpha value is -0.120. The van der Waals surface area contributed by atoms with Crippen LogP contribution >= 0.6 is 0 Å². The smallest absolute Gasteiger partial charge is 0.00935 e. The first-order valence-corrected chi connectivity index (χ1v) is 5.17. The van der Waals surface area contributed by atoms with Gasteiger partial charge in [0.2, 0.25) is 0 Å². The van der Waals surface area contributed by atoms with Crippen LogP contribution in [0.4, 0.5) is 0 Å². The molecule has 0 radical (unpaired) electrons. The molecule has 0 aromatic heterocycles. The normalized spacial score (nSPS) is 14.1. The lowest BCUT2D eigenvalue weighted by Crippen LogP contribution is -2.38. The van der Waals surface area contributed by atoms with Gasteiger partial charge in [-0.15, -0.1) is 0 Å². The average molecular weight is 187 g/mol. The fourth-order valence-electron chi connectivity index (χ4n) is 1.40. The molecule has 0 aliphatic heterocycles. The second-order valence-corrected chi connectivity index (χ2v) is 4.19. The van der Waals surface area contributed by atoms with Crippen molar-refractivity contribution >= 4 is 0 Å². The molecule has 3 N–H and O–H groups in total. The van der Waals surface area contributed by atoms with E-state index in [1.165, 1.54) is 6.42 Å². The van der Waals surface area contributed by atoms with Crippen LogP contribution < -0.4 is 11.1 Å². The van der Waals surface area contributed by atoms with E-state index in [4.69, 9.17) is 5.73 Å². The molecule has 80 valence electrons. The van der Waals surface area contributed by atoms with Crippen molar-refractivity contribution in [3.05, 3.63) is 0 Å². The lowest BCUT2D eigenvalue weighted by Gasteiger charge is -2.22. The van der Waals surface area contributed by atoms with Gasteiger partial charge >= 0.3 is 0 Å². The summed E-state index contributed by atoms with van der Waals surface area (Å²) < 4.78 is 0. The summed E-state index contributed by atoms with van der Waals surface area (Å²) in [5.74, 6) is 0. The minimum Gasteiger partial charge on any atom is -0.330 e. The Kier molecular flexibility index (Phi) is 7.23. The quantitative estimate of drug-likeness (QED) is 0.615. The van der Waals surface area contributed by atoms with E-state index >= 15 is 0 Å². The standard InChI is InChI=1S/C10H25N3/c1-9(2)12-10(5-7-11)6-8-13(3)4/h9-10,12H,5-8,11H2,1-4H3. The maximum atomic E-state index is 5.56. The number of hydrogen-bond acceptors (Lipinski definition) is 3. The van der Waals surface area contributed by atoms with Crippen molar-refractivity contribution in [1.29, 1.82) is 0 Å². The molecule has 0 aromatic rings. The van der Waals surface area contributed by atoms with Crippen molar-refractivity contribution in [1.82, 2.24) is 10.2 Å². The molecule has 0 aliphatic carbocycles. The molecule has 13 heavy (non-hydrogen) atoms. The highest BCUT2D eigenvalue weighted by molar-refractivity contribution is 4.70. The first kappa shape index (κ1) is 12.9. The van der Waals surface area contributed by atoms with Crippen LogP contribution in [0.3, 0.4) is 0 Å². The van der Waals surface area contributed by atoms with Gasteiger partial charge in [-0.25, -0.2) is 0 Å². The third-order valence-corrected chi connectivity index (χ3v) is 2.01. The van der Waals surface area contributed by atoms with Gasteiger partial charge in [0.1, 0.15) is 0 Å². The van der Waals surface area contributed by atoms with E-state index in [1.54, 1.807) is 0 Å². The molecule has 0 saturated heterocycles. The van der Waals surface area contributed by atoms with Crippen LogP contribution in [0.1, 0.15) is 26.7 Å². The highest BCUT2D eigenvalue weighted by atomic mass is 15.1. The minimum absolute atomic E-state index is 0.554. The van der Waals surface area contributed by atoms with E-state index in [-0.39, 0.29) is 0 Å². The van der Waals surface area contributed by atoms with E-state index in [0.717, 1.165) is 19.5 Å². The van der Waals surface area contributed by atoms with Crippen LogP contribution in [-0.2, 0) is 0 Å². The maximum Gasteiger partial charge on any atom is 0.00935 e. The number of rotatable bonds is 7. The molecular weight excluding hydrogens is 162 g/mol. The van der Waals surface area contributed by atoms with Crippen molar-refractivity contribution in [3.8, 4) is 0 Å². The SMILES string of the molecule is CC(C)NC(CCN)CCN(C)C. The number of nitrogens with zero attached hydrogens (tertiary/aromatic N) is 1. The van der Waals surface area contributed by atoms with Gasteiger partial charge in [-0.3, -0.25) is 0 Å². The van der Waals surface area contributed by atoms with E-state index in [1.807, 2.05) is 0 Å². The van der Waals surface area contributed by atoms with Crippen LogP contribution in [0.5, 0.6) is 0 Å². The van der Waals surface area contributed by atoms with Crippen molar-refractivity contribution < 1.29 is 0 Å². The van der Waals surface area contributed by atoms with Crippen molar-refractivity contribution in [2.24, 2.45) is 5.73 Å². The summed E-state index contributed by atoms with van der Waals surface area (Å²) in [6.07, 6.45) is 2.26. The molecule has 0 rings (SSSR count). The molecule has 0 bridgehead atoms. The number of hydrogen-bond donors (Lipinski definition) is 2. The van der Waals surface area contributed by atoms with E-state index in [2.05, 4.69) is 38.2 Å². The fourth-order valence-corrected chi connectivity index (χ4v) is 1.40. The minimum atomic E-state index is 0.554. The maximum absolute atomic E-state index is 5.56. The second-order valence-electron chi connectivity index (χ2n) is 4.19. The lowest BCUT2D eigenvalue weighted by molar-refractivity contribution is 0.339. The van der Waals surface area contributed by atoms with Crippen molar-refractivity contribution in [2.45, 2.75) is 38.8 Å². The van der Waals surface area contributed by atoms with Crippen LogP contribution in [0.2, 0.25) is 0 Å². The third kappa shape index (κ3) is 8.22. The molecule has 0 spiro atoms. The molecule has 0 fully saturated rings. The Morgan fingerprint density at radius 1 is 1.23 bits per heavy atom. The largest absolute Gasteiger partial charge is 0.330 e. The van der Waals surface area contributed by atoms with E-state index in [9.17, 15) is 0 Å². The van der Waals surface area contributed by atoms with Gasteiger partial charge in [0, 0.05) is 12.1 Å². The second kappa shape index (κ2) is 7.30. The molecule has 3 nitrogen and oxygen atoms in total. The molecule has 0 heterocycles. The molecule has 0 aliphatic rings. The molecule has 3 heteroatoms. The Balaban J connectivity index is 3.66. The summed E-state index contributed by atoms with van der Waals surface area (Å²) >= 11 is 0. The Labute approximate surface area is 82.7 Å². The fraction of sp³-hybridized carbons (Fsp3) is 1.00. The highest BCUT2D eigenvalue weighted by Gasteiger charge is 2.08. The number of nitrogens with two attached hydrogens (primary N) is 1. The number of nitrogens with one attached hydrogen (secondary N) is 1. The molecule has 1 atom stereocenters. The van der Waals surface area contributed by atoms with Gasteiger partial charge in [-0.2, -0.15) is 0 Å². The molecule has 0 amide bonds. The average Bonchev–Trinajstić information content (AvgIpc) is 1.99. The molecular formula is C10H25N3.